The first-order chi connectivity index (χ1) is 14.8. The topological polar surface area (TPSA) is 71.1 Å². The van der Waals surface area contributed by atoms with Crippen LogP contribution in [-0.2, 0) is 4.74 Å². The van der Waals surface area contributed by atoms with Crippen molar-refractivity contribution in [2.24, 2.45) is 5.41 Å². The molecule has 3 rings (SSSR count). The lowest BCUT2D eigenvalue weighted by Crippen LogP contribution is -2.53. The molecule has 2 aliphatic rings. The second-order valence-corrected chi connectivity index (χ2v) is 9.49. The van der Waals surface area contributed by atoms with E-state index in [1.807, 2.05) is 20.8 Å². The Balaban J connectivity index is 1.53. The number of hydrogen-bond acceptors (Lipinski definition) is 4. The molecule has 178 valence electrons. The third-order valence-corrected chi connectivity index (χ3v) is 5.76. The third-order valence-electron chi connectivity index (χ3n) is 5.76. The number of halogens is 3. The quantitative estimate of drug-likeness (QED) is 0.660. The molecule has 10 heteroatoms. The van der Waals surface area contributed by atoms with E-state index in [1.165, 1.54) is 12.1 Å². The minimum absolute atomic E-state index is 0.0431. The Labute approximate surface area is 185 Å². The van der Waals surface area contributed by atoms with Gasteiger partial charge in [0.1, 0.15) is 11.4 Å². The Morgan fingerprint density at radius 3 is 2.16 bits per heavy atom. The monoisotopic (exact) mass is 457 g/mol. The van der Waals surface area contributed by atoms with Crippen LogP contribution in [0.15, 0.2) is 24.3 Å². The predicted octanol–water partition coefficient (Wildman–Crippen LogP) is 5.23. The second kappa shape index (κ2) is 9.07. The van der Waals surface area contributed by atoms with Crippen LogP contribution in [0.25, 0.3) is 0 Å². The molecule has 0 radical (unpaired) electrons. The van der Waals surface area contributed by atoms with E-state index >= 15 is 0 Å². The molecule has 1 N–H and O–H groups in total. The van der Waals surface area contributed by atoms with E-state index in [1.54, 1.807) is 9.80 Å². The molecule has 0 aromatic heterocycles. The number of likely N-dealkylation sites (tertiary alicyclic amines) is 2. The fraction of sp³-hybridized carbons (Fsp3) is 0.636. The molecule has 2 aliphatic heterocycles. The summed E-state index contributed by atoms with van der Waals surface area (Å²) in [7, 11) is 0. The van der Waals surface area contributed by atoms with Gasteiger partial charge in [-0.3, -0.25) is 0 Å². The van der Waals surface area contributed by atoms with Gasteiger partial charge < -0.3 is 24.6 Å². The number of ether oxygens (including phenoxy) is 2. The summed E-state index contributed by atoms with van der Waals surface area (Å²) in [5.74, 6) is -0.343. The third kappa shape index (κ3) is 6.67. The number of alkyl halides is 3. The fourth-order valence-electron chi connectivity index (χ4n) is 4.22. The van der Waals surface area contributed by atoms with Crippen LogP contribution in [0.1, 0.15) is 46.5 Å². The molecular weight excluding hydrogens is 427 g/mol. The number of rotatable bonds is 2. The minimum Gasteiger partial charge on any atom is -0.444 e. The number of nitrogens with one attached hydrogen (secondary N) is 1. The molecule has 0 saturated carbocycles. The highest BCUT2D eigenvalue weighted by atomic mass is 19.4. The maximum absolute atomic E-state index is 12.8. The van der Waals surface area contributed by atoms with Crippen LogP contribution in [0.4, 0.5) is 28.4 Å². The second-order valence-electron chi connectivity index (χ2n) is 9.49. The Morgan fingerprint density at radius 1 is 0.969 bits per heavy atom. The highest BCUT2D eigenvalue weighted by molar-refractivity contribution is 5.89. The largest absolute Gasteiger partial charge is 0.573 e. The van der Waals surface area contributed by atoms with E-state index in [0.29, 0.717) is 31.9 Å². The smallest absolute Gasteiger partial charge is 0.444 e. The van der Waals surface area contributed by atoms with Gasteiger partial charge in [0.2, 0.25) is 0 Å². The van der Waals surface area contributed by atoms with Crippen molar-refractivity contribution in [1.82, 2.24) is 9.80 Å². The lowest BCUT2D eigenvalue weighted by atomic mass is 9.72. The lowest BCUT2D eigenvalue weighted by molar-refractivity contribution is -0.274. The number of benzene rings is 1. The summed E-state index contributed by atoms with van der Waals surface area (Å²) >= 11 is 0. The molecular formula is C22H30F3N3O4. The van der Waals surface area contributed by atoms with Gasteiger partial charge >= 0.3 is 18.5 Å². The normalized spacial score (nSPS) is 18.9. The molecule has 2 heterocycles. The number of carbonyl (C=O) groups excluding carboxylic acids is 2. The van der Waals surface area contributed by atoms with Crippen molar-refractivity contribution in [1.29, 1.82) is 0 Å². The summed E-state index contributed by atoms with van der Waals surface area (Å²) in [6.45, 7) is 7.88. The summed E-state index contributed by atoms with van der Waals surface area (Å²) in [5, 5.41) is 2.74. The standard InChI is InChI=1S/C22H30F3N3O4/c1-20(2,3)32-19(30)27-13-10-21(11-14-27)9-4-12-28(15-21)18(29)26-16-5-7-17(8-6-16)31-22(23,24)25/h5-8H,4,9-15H2,1-3H3,(H,26,29). The molecule has 1 aromatic rings. The summed E-state index contributed by atoms with van der Waals surface area (Å²) in [6, 6.07) is 4.78. The van der Waals surface area contributed by atoms with Crippen molar-refractivity contribution in [3.05, 3.63) is 24.3 Å². The van der Waals surface area contributed by atoms with Crippen LogP contribution in [0, 0.1) is 5.41 Å². The molecule has 0 aliphatic carbocycles. The number of urea groups is 1. The number of hydrogen-bond donors (Lipinski definition) is 1. The number of nitrogens with zero attached hydrogens (tertiary/aromatic N) is 2. The van der Waals surface area contributed by atoms with Gasteiger partial charge in [-0.05, 0) is 76.1 Å². The Hall–Kier alpha value is -2.65. The summed E-state index contributed by atoms with van der Waals surface area (Å²) in [4.78, 5) is 28.5. The average Bonchev–Trinajstić information content (AvgIpc) is 2.67. The number of carbonyl (C=O) groups is 2. The molecule has 0 unspecified atom stereocenters. The van der Waals surface area contributed by atoms with Crippen LogP contribution >= 0.6 is 0 Å². The van der Waals surface area contributed by atoms with E-state index in [-0.39, 0.29) is 23.3 Å². The van der Waals surface area contributed by atoms with Gasteiger partial charge in [0.25, 0.3) is 0 Å². The molecule has 0 bridgehead atoms. The van der Waals surface area contributed by atoms with Crippen molar-refractivity contribution in [3.63, 3.8) is 0 Å². The zero-order valence-corrected chi connectivity index (χ0v) is 18.6. The maximum atomic E-state index is 12.8. The van der Waals surface area contributed by atoms with Gasteiger partial charge in [-0.2, -0.15) is 0 Å². The molecule has 3 amide bonds. The van der Waals surface area contributed by atoms with Gasteiger partial charge in [-0.1, -0.05) is 0 Å². The highest BCUT2D eigenvalue weighted by Crippen LogP contribution is 2.40. The first kappa shape index (κ1) is 24.0. The van der Waals surface area contributed by atoms with E-state index in [2.05, 4.69) is 10.1 Å². The van der Waals surface area contributed by atoms with Crippen molar-refractivity contribution in [3.8, 4) is 5.75 Å². The lowest BCUT2D eigenvalue weighted by Gasteiger charge is -2.47. The first-order valence-electron chi connectivity index (χ1n) is 10.7. The molecule has 32 heavy (non-hydrogen) atoms. The van der Waals surface area contributed by atoms with Gasteiger partial charge in [0, 0.05) is 31.9 Å². The zero-order valence-electron chi connectivity index (χ0n) is 18.6. The highest BCUT2D eigenvalue weighted by Gasteiger charge is 2.41. The molecule has 2 fully saturated rings. The molecule has 1 spiro atoms. The number of amides is 3. The molecule has 1 aromatic carbocycles. The summed E-state index contributed by atoms with van der Waals surface area (Å²) < 4.78 is 46.1. The Morgan fingerprint density at radius 2 is 1.59 bits per heavy atom. The van der Waals surface area contributed by atoms with E-state index in [0.717, 1.165) is 37.8 Å². The first-order valence-corrected chi connectivity index (χ1v) is 10.7. The fourth-order valence-corrected chi connectivity index (χ4v) is 4.22. The predicted molar refractivity (Wildman–Crippen MR) is 112 cm³/mol. The van der Waals surface area contributed by atoms with Crippen LogP contribution in [0.3, 0.4) is 0 Å². The van der Waals surface area contributed by atoms with Crippen LogP contribution in [0.5, 0.6) is 5.75 Å². The maximum Gasteiger partial charge on any atom is 0.573 e. The SMILES string of the molecule is CC(C)(C)OC(=O)N1CCC2(CCCN(C(=O)Nc3ccc(OC(F)(F)F)cc3)C2)CC1. The average molecular weight is 457 g/mol. The number of anilines is 1. The van der Waals surface area contributed by atoms with Crippen molar-refractivity contribution >= 4 is 17.8 Å². The molecule has 2 saturated heterocycles. The van der Waals surface area contributed by atoms with Crippen molar-refractivity contribution < 1.29 is 32.2 Å². The molecule has 7 nitrogen and oxygen atoms in total. The van der Waals surface area contributed by atoms with Gasteiger partial charge in [0.15, 0.2) is 0 Å². The molecule has 0 atom stereocenters. The van der Waals surface area contributed by atoms with E-state index in [4.69, 9.17) is 4.74 Å². The summed E-state index contributed by atoms with van der Waals surface area (Å²) in [6.07, 6.45) is -1.64. The van der Waals surface area contributed by atoms with Crippen molar-refractivity contribution in [2.45, 2.75) is 58.4 Å². The number of piperidine rings is 2. The minimum atomic E-state index is -4.76. The zero-order chi connectivity index (χ0) is 23.6. The van der Waals surface area contributed by atoms with Crippen LogP contribution in [-0.4, -0.2) is 60.1 Å². The van der Waals surface area contributed by atoms with Gasteiger partial charge in [-0.15, -0.1) is 13.2 Å². The van der Waals surface area contributed by atoms with Crippen molar-refractivity contribution in [2.75, 3.05) is 31.5 Å². The van der Waals surface area contributed by atoms with Crippen LogP contribution in [0.2, 0.25) is 0 Å². The van der Waals surface area contributed by atoms with Gasteiger partial charge in [0.05, 0.1) is 0 Å². The Kier molecular flexibility index (Phi) is 6.80. The summed E-state index contributed by atoms with van der Waals surface area (Å²) in [5.41, 5.74) is -0.189. The Bertz CT molecular complexity index is 813. The van der Waals surface area contributed by atoms with E-state index < -0.39 is 12.0 Å². The van der Waals surface area contributed by atoms with Gasteiger partial charge in [-0.25, -0.2) is 9.59 Å². The van der Waals surface area contributed by atoms with E-state index in [9.17, 15) is 22.8 Å². The van der Waals surface area contributed by atoms with Crippen LogP contribution < -0.4 is 10.1 Å².